The van der Waals surface area contributed by atoms with Crippen LogP contribution in [0.4, 0.5) is 0 Å². The van der Waals surface area contributed by atoms with Gasteiger partial charge in [-0.2, -0.15) is 0 Å². The van der Waals surface area contributed by atoms with Crippen LogP contribution in [0.15, 0.2) is 12.4 Å². The maximum Gasteiger partial charge on any atom is 0.225 e. The average molecular weight is 279 g/mol. The van der Waals surface area contributed by atoms with E-state index in [4.69, 9.17) is 10.5 Å². The van der Waals surface area contributed by atoms with Gasteiger partial charge in [-0.05, 0) is 25.3 Å². The number of hydrogen-bond acceptors (Lipinski definition) is 5. The highest BCUT2D eigenvalue weighted by Crippen LogP contribution is 2.30. The zero-order chi connectivity index (χ0) is 13.9. The molecular weight excluding hydrogens is 258 g/mol. The lowest BCUT2D eigenvalue weighted by molar-refractivity contribution is 0.203. The number of ether oxygens (including phenoxy) is 1. The highest BCUT2D eigenvalue weighted by Gasteiger charge is 2.22. The van der Waals surface area contributed by atoms with Crippen molar-refractivity contribution in [2.75, 3.05) is 6.61 Å². The fraction of sp³-hybridized carbons (Fsp3) is 0.571. The van der Waals surface area contributed by atoms with Crippen LogP contribution in [-0.2, 0) is 6.42 Å². The molecule has 2 N–H and O–H groups in total. The Balaban J connectivity index is 2.23. The molecule has 19 heavy (non-hydrogen) atoms. The molecule has 0 aromatic carbocycles. The molecule has 0 aliphatic heterocycles. The Morgan fingerprint density at radius 3 is 2.63 bits per heavy atom. The molecular formula is C14H21N3OS. The molecule has 0 saturated carbocycles. The molecule has 0 aliphatic rings. The van der Waals surface area contributed by atoms with E-state index in [1.807, 2.05) is 0 Å². The van der Waals surface area contributed by atoms with Crippen molar-refractivity contribution in [3.63, 3.8) is 0 Å². The molecule has 0 aliphatic carbocycles. The number of rotatable bonds is 6. The zero-order valence-electron chi connectivity index (χ0n) is 11.8. The summed E-state index contributed by atoms with van der Waals surface area (Å²) in [6.07, 6.45) is 4.35. The lowest BCUT2D eigenvalue weighted by Gasteiger charge is -2.26. The topological polar surface area (TPSA) is 61.0 Å². The highest BCUT2D eigenvalue weighted by molar-refractivity contribution is 7.18. The Morgan fingerprint density at radius 1 is 1.26 bits per heavy atom. The normalized spacial score (nSPS) is 12.0. The van der Waals surface area contributed by atoms with Crippen LogP contribution in [-0.4, -0.2) is 22.1 Å². The largest absolute Gasteiger partial charge is 0.475 e. The molecule has 0 bridgehead atoms. The number of nitrogens with zero attached hydrogens (tertiary/aromatic N) is 2. The lowest BCUT2D eigenvalue weighted by atomic mass is 9.96. The van der Waals surface area contributed by atoms with Crippen LogP contribution in [0.2, 0.25) is 0 Å². The van der Waals surface area contributed by atoms with E-state index in [-0.39, 0.29) is 5.54 Å². The van der Waals surface area contributed by atoms with Crippen LogP contribution in [0.5, 0.6) is 5.88 Å². The first-order valence-electron chi connectivity index (χ1n) is 6.77. The van der Waals surface area contributed by atoms with Gasteiger partial charge in [0, 0.05) is 10.4 Å². The van der Waals surface area contributed by atoms with Gasteiger partial charge in [-0.15, -0.1) is 11.3 Å². The average Bonchev–Trinajstić information content (AvgIpc) is 2.88. The lowest BCUT2D eigenvalue weighted by Crippen LogP contribution is -2.44. The SMILES string of the molecule is CCc1cc2c(OCC(N)(CC)CC)ncnc2s1. The van der Waals surface area contributed by atoms with Crippen LogP contribution in [0.3, 0.4) is 0 Å². The molecule has 0 spiro atoms. The Morgan fingerprint density at radius 2 is 2.00 bits per heavy atom. The van der Waals surface area contributed by atoms with E-state index in [2.05, 4.69) is 36.8 Å². The second-order valence-corrected chi connectivity index (χ2v) is 5.94. The van der Waals surface area contributed by atoms with Gasteiger partial charge in [-0.1, -0.05) is 20.8 Å². The zero-order valence-corrected chi connectivity index (χ0v) is 12.6. The Hall–Kier alpha value is -1.20. The van der Waals surface area contributed by atoms with Gasteiger partial charge in [0.05, 0.1) is 5.39 Å². The third-order valence-electron chi connectivity index (χ3n) is 3.60. The Labute approximate surface area is 118 Å². The van der Waals surface area contributed by atoms with Gasteiger partial charge in [-0.25, -0.2) is 9.97 Å². The summed E-state index contributed by atoms with van der Waals surface area (Å²) in [5.41, 5.74) is 5.98. The van der Waals surface area contributed by atoms with Crippen molar-refractivity contribution in [1.29, 1.82) is 0 Å². The summed E-state index contributed by atoms with van der Waals surface area (Å²) < 4.78 is 5.85. The third-order valence-corrected chi connectivity index (χ3v) is 4.78. The predicted molar refractivity (Wildman–Crippen MR) is 79.8 cm³/mol. The third kappa shape index (κ3) is 3.04. The van der Waals surface area contributed by atoms with Crippen LogP contribution in [0.1, 0.15) is 38.5 Å². The molecule has 2 aromatic heterocycles. The summed E-state index contributed by atoms with van der Waals surface area (Å²) in [7, 11) is 0. The number of aromatic nitrogens is 2. The second kappa shape index (κ2) is 5.84. The minimum absolute atomic E-state index is 0.277. The summed E-state index contributed by atoms with van der Waals surface area (Å²) in [5, 5.41) is 0.999. The molecule has 0 fully saturated rings. The monoisotopic (exact) mass is 279 g/mol. The first-order chi connectivity index (χ1) is 9.11. The standard InChI is InChI=1S/C14H21N3OS/c1-4-10-7-11-12(16-9-17-13(11)19-10)18-8-14(15,5-2)6-3/h7,9H,4-6,8,15H2,1-3H3. The number of thiophene rings is 1. The van der Waals surface area contributed by atoms with Crippen molar-refractivity contribution >= 4 is 21.6 Å². The molecule has 0 amide bonds. The predicted octanol–water partition coefficient (Wildman–Crippen LogP) is 3.15. The van der Waals surface area contributed by atoms with Crippen molar-refractivity contribution in [3.8, 4) is 5.88 Å². The number of nitrogens with two attached hydrogens (primary N) is 1. The summed E-state index contributed by atoms with van der Waals surface area (Å²) in [5.74, 6) is 0.651. The van der Waals surface area contributed by atoms with Crippen molar-refractivity contribution in [1.82, 2.24) is 9.97 Å². The number of aryl methyl sites for hydroxylation is 1. The minimum atomic E-state index is -0.277. The van der Waals surface area contributed by atoms with Gasteiger partial charge in [-0.3, -0.25) is 0 Å². The van der Waals surface area contributed by atoms with Crippen molar-refractivity contribution < 1.29 is 4.74 Å². The number of hydrogen-bond donors (Lipinski definition) is 1. The van der Waals surface area contributed by atoms with E-state index >= 15 is 0 Å². The first-order valence-corrected chi connectivity index (χ1v) is 7.58. The van der Waals surface area contributed by atoms with E-state index < -0.39 is 0 Å². The van der Waals surface area contributed by atoms with Gasteiger partial charge >= 0.3 is 0 Å². The quantitative estimate of drug-likeness (QED) is 0.882. The molecule has 0 unspecified atom stereocenters. The van der Waals surface area contributed by atoms with E-state index in [0.29, 0.717) is 12.5 Å². The highest BCUT2D eigenvalue weighted by atomic mass is 32.1. The minimum Gasteiger partial charge on any atom is -0.475 e. The maximum atomic E-state index is 6.25. The van der Waals surface area contributed by atoms with Gasteiger partial charge < -0.3 is 10.5 Å². The summed E-state index contributed by atoms with van der Waals surface area (Å²) in [6, 6.07) is 2.12. The Bertz CT molecular complexity index is 549. The van der Waals surface area contributed by atoms with Crippen LogP contribution in [0, 0.1) is 0 Å². The smallest absolute Gasteiger partial charge is 0.225 e. The first kappa shape index (κ1) is 14.2. The summed E-state index contributed by atoms with van der Waals surface area (Å²) >= 11 is 1.69. The van der Waals surface area contributed by atoms with Gasteiger partial charge in [0.15, 0.2) is 0 Å². The molecule has 2 rings (SSSR count). The molecule has 2 heterocycles. The summed E-state index contributed by atoms with van der Waals surface area (Å²) in [6.45, 7) is 6.80. The van der Waals surface area contributed by atoms with E-state index in [1.165, 1.54) is 4.88 Å². The molecule has 5 heteroatoms. The fourth-order valence-electron chi connectivity index (χ4n) is 1.84. The van der Waals surface area contributed by atoms with Crippen LogP contribution in [0.25, 0.3) is 10.2 Å². The maximum absolute atomic E-state index is 6.25. The van der Waals surface area contributed by atoms with Crippen LogP contribution >= 0.6 is 11.3 Å². The molecule has 4 nitrogen and oxygen atoms in total. The van der Waals surface area contributed by atoms with Gasteiger partial charge in [0.25, 0.3) is 0 Å². The van der Waals surface area contributed by atoms with E-state index in [9.17, 15) is 0 Å². The molecule has 2 aromatic rings. The molecule has 0 atom stereocenters. The van der Waals surface area contributed by atoms with Crippen molar-refractivity contribution in [2.45, 2.75) is 45.6 Å². The van der Waals surface area contributed by atoms with Crippen molar-refractivity contribution in [2.24, 2.45) is 5.73 Å². The molecule has 104 valence electrons. The van der Waals surface area contributed by atoms with E-state index in [1.54, 1.807) is 17.7 Å². The van der Waals surface area contributed by atoms with Crippen molar-refractivity contribution in [3.05, 3.63) is 17.3 Å². The molecule has 0 radical (unpaired) electrons. The summed E-state index contributed by atoms with van der Waals surface area (Å²) in [4.78, 5) is 10.8. The Kier molecular flexibility index (Phi) is 4.37. The fourth-order valence-corrected chi connectivity index (χ4v) is 2.76. The van der Waals surface area contributed by atoms with Gasteiger partial charge in [0.1, 0.15) is 17.8 Å². The molecule has 0 saturated heterocycles. The number of fused-ring (bicyclic) bond motifs is 1. The van der Waals surface area contributed by atoms with Crippen LogP contribution < -0.4 is 10.5 Å². The van der Waals surface area contributed by atoms with E-state index in [0.717, 1.165) is 29.5 Å². The van der Waals surface area contributed by atoms with Gasteiger partial charge in [0.2, 0.25) is 5.88 Å². The second-order valence-electron chi connectivity index (χ2n) is 4.82.